The van der Waals surface area contributed by atoms with E-state index < -0.39 is 0 Å². The number of nitrogens with zero attached hydrogens (tertiary/aromatic N) is 1. The summed E-state index contributed by atoms with van der Waals surface area (Å²) in [5.74, 6) is 0.592. The Morgan fingerprint density at radius 2 is 1.93 bits per heavy atom. The van der Waals surface area contributed by atoms with Gasteiger partial charge in [-0.15, -0.1) is 0 Å². The van der Waals surface area contributed by atoms with Crippen molar-refractivity contribution in [3.05, 3.63) is 0 Å². The largest absolute Gasteiger partial charge is 0.342 e. The van der Waals surface area contributed by atoms with E-state index in [1.807, 2.05) is 11.8 Å². The SMILES string of the molecule is CCCCN(CC)C(=O)C(Br)C(C)C. The molecule has 0 aromatic rings. The maximum atomic E-state index is 11.9. The van der Waals surface area contributed by atoms with Gasteiger partial charge in [0.05, 0.1) is 4.83 Å². The van der Waals surface area contributed by atoms with Gasteiger partial charge in [-0.25, -0.2) is 0 Å². The molecule has 0 fully saturated rings. The van der Waals surface area contributed by atoms with Crippen molar-refractivity contribution in [2.24, 2.45) is 5.92 Å². The van der Waals surface area contributed by atoms with E-state index in [0.717, 1.165) is 25.9 Å². The van der Waals surface area contributed by atoms with E-state index in [0.29, 0.717) is 5.92 Å². The fourth-order valence-corrected chi connectivity index (χ4v) is 1.52. The molecule has 1 amide bonds. The lowest BCUT2D eigenvalue weighted by Crippen LogP contribution is -2.39. The van der Waals surface area contributed by atoms with Gasteiger partial charge in [-0.05, 0) is 19.3 Å². The molecule has 0 N–H and O–H groups in total. The summed E-state index contributed by atoms with van der Waals surface area (Å²) < 4.78 is 0. The van der Waals surface area contributed by atoms with Crippen LogP contribution in [0.5, 0.6) is 0 Å². The molecule has 0 saturated heterocycles. The van der Waals surface area contributed by atoms with Crippen molar-refractivity contribution in [2.45, 2.75) is 45.4 Å². The Bertz CT molecular complexity index is 171. The summed E-state index contributed by atoms with van der Waals surface area (Å²) in [5, 5.41) is 0. The predicted molar refractivity (Wildman–Crippen MR) is 64.7 cm³/mol. The molecule has 0 aromatic heterocycles. The molecule has 0 heterocycles. The van der Waals surface area contributed by atoms with Crippen LogP contribution in [-0.2, 0) is 4.79 Å². The fraction of sp³-hybridized carbons (Fsp3) is 0.909. The van der Waals surface area contributed by atoms with Crippen LogP contribution in [0.15, 0.2) is 0 Å². The molecule has 2 nitrogen and oxygen atoms in total. The second-order valence-corrected chi connectivity index (χ2v) is 4.90. The molecule has 0 rings (SSSR count). The predicted octanol–water partition coefficient (Wildman–Crippen LogP) is 3.05. The van der Waals surface area contributed by atoms with Crippen LogP contribution in [0, 0.1) is 5.92 Å². The minimum atomic E-state index is -0.0284. The summed E-state index contributed by atoms with van der Waals surface area (Å²) in [7, 11) is 0. The number of halogens is 1. The Labute approximate surface area is 96.2 Å². The van der Waals surface area contributed by atoms with Crippen LogP contribution < -0.4 is 0 Å². The standard InChI is InChI=1S/C11H22BrNO/c1-5-7-8-13(6-2)11(14)10(12)9(3)4/h9-10H,5-8H2,1-4H3. The maximum absolute atomic E-state index is 11.9. The van der Waals surface area contributed by atoms with E-state index in [9.17, 15) is 4.79 Å². The molecular formula is C11H22BrNO. The molecule has 0 aliphatic heterocycles. The van der Waals surface area contributed by atoms with Gasteiger partial charge in [0.2, 0.25) is 5.91 Å². The average Bonchev–Trinajstić information content (AvgIpc) is 2.17. The van der Waals surface area contributed by atoms with Crippen molar-refractivity contribution in [2.75, 3.05) is 13.1 Å². The van der Waals surface area contributed by atoms with Crippen LogP contribution in [-0.4, -0.2) is 28.7 Å². The zero-order valence-corrected chi connectivity index (χ0v) is 11.3. The zero-order chi connectivity index (χ0) is 11.1. The smallest absolute Gasteiger partial charge is 0.236 e. The van der Waals surface area contributed by atoms with E-state index >= 15 is 0 Å². The van der Waals surface area contributed by atoms with Crippen molar-refractivity contribution in [3.8, 4) is 0 Å². The first-order valence-electron chi connectivity index (χ1n) is 5.47. The van der Waals surface area contributed by atoms with Gasteiger partial charge in [-0.3, -0.25) is 4.79 Å². The molecule has 14 heavy (non-hydrogen) atoms. The number of hydrogen-bond donors (Lipinski definition) is 0. The molecule has 1 atom stereocenters. The van der Waals surface area contributed by atoms with E-state index in [4.69, 9.17) is 0 Å². The van der Waals surface area contributed by atoms with Crippen LogP contribution in [0.1, 0.15) is 40.5 Å². The molecule has 3 heteroatoms. The Balaban J connectivity index is 4.16. The van der Waals surface area contributed by atoms with Crippen molar-refractivity contribution in [3.63, 3.8) is 0 Å². The molecular weight excluding hydrogens is 242 g/mol. The molecule has 0 bridgehead atoms. The second kappa shape index (κ2) is 7.27. The number of amides is 1. The summed E-state index contributed by atoms with van der Waals surface area (Å²) in [4.78, 5) is 13.8. The molecule has 0 spiro atoms. The quantitative estimate of drug-likeness (QED) is 0.675. The van der Waals surface area contributed by atoms with Crippen LogP contribution in [0.25, 0.3) is 0 Å². The lowest BCUT2D eigenvalue weighted by atomic mass is 10.1. The maximum Gasteiger partial charge on any atom is 0.236 e. The van der Waals surface area contributed by atoms with Gasteiger partial charge < -0.3 is 4.90 Å². The summed E-state index contributed by atoms with van der Waals surface area (Å²) in [5.41, 5.74) is 0. The minimum Gasteiger partial charge on any atom is -0.342 e. The van der Waals surface area contributed by atoms with Crippen molar-refractivity contribution in [1.29, 1.82) is 0 Å². The van der Waals surface area contributed by atoms with E-state index in [1.54, 1.807) is 0 Å². The molecule has 0 saturated carbocycles. The first-order chi connectivity index (χ1) is 6.54. The Morgan fingerprint density at radius 1 is 1.36 bits per heavy atom. The number of unbranched alkanes of at least 4 members (excludes halogenated alkanes) is 1. The van der Waals surface area contributed by atoms with Crippen molar-refractivity contribution < 1.29 is 4.79 Å². The van der Waals surface area contributed by atoms with Gasteiger partial charge in [0, 0.05) is 13.1 Å². The number of carbonyl (C=O) groups excluding carboxylic acids is 1. The number of alkyl halides is 1. The average molecular weight is 264 g/mol. The van der Waals surface area contributed by atoms with E-state index in [1.165, 1.54) is 0 Å². The van der Waals surface area contributed by atoms with Crippen molar-refractivity contribution in [1.82, 2.24) is 4.90 Å². The lowest BCUT2D eigenvalue weighted by molar-refractivity contribution is -0.131. The van der Waals surface area contributed by atoms with Crippen LogP contribution in [0.3, 0.4) is 0 Å². The highest BCUT2D eigenvalue weighted by atomic mass is 79.9. The monoisotopic (exact) mass is 263 g/mol. The van der Waals surface area contributed by atoms with Gasteiger partial charge >= 0.3 is 0 Å². The Morgan fingerprint density at radius 3 is 2.29 bits per heavy atom. The van der Waals surface area contributed by atoms with Crippen molar-refractivity contribution >= 4 is 21.8 Å². The molecule has 0 aromatic carbocycles. The van der Waals surface area contributed by atoms with Gasteiger partial charge in [0.15, 0.2) is 0 Å². The fourth-order valence-electron chi connectivity index (χ4n) is 1.23. The third-order valence-corrected chi connectivity index (χ3v) is 3.75. The summed E-state index contributed by atoms with van der Waals surface area (Å²) >= 11 is 3.45. The second-order valence-electron chi connectivity index (χ2n) is 3.92. The highest BCUT2D eigenvalue weighted by Crippen LogP contribution is 2.15. The van der Waals surface area contributed by atoms with Gasteiger partial charge in [0.25, 0.3) is 0 Å². The van der Waals surface area contributed by atoms with Crippen LogP contribution in [0.2, 0.25) is 0 Å². The lowest BCUT2D eigenvalue weighted by Gasteiger charge is -2.25. The van der Waals surface area contributed by atoms with Crippen LogP contribution in [0.4, 0.5) is 0 Å². The zero-order valence-electron chi connectivity index (χ0n) is 9.72. The number of hydrogen-bond acceptors (Lipinski definition) is 1. The first kappa shape index (κ1) is 13.9. The van der Waals surface area contributed by atoms with E-state index in [2.05, 4.69) is 36.7 Å². The van der Waals surface area contributed by atoms with Gasteiger partial charge in [0.1, 0.15) is 0 Å². The highest BCUT2D eigenvalue weighted by molar-refractivity contribution is 9.10. The Hall–Kier alpha value is -0.0500. The summed E-state index contributed by atoms with van der Waals surface area (Å²) in [6.45, 7) is 10.0. The molecule has 0 radical (unpaired) electrons. The molecule has 0 aliphatic rings. The molecule has 1 unspecified atom stereocenters. The summed E-state index contributed by atoms with van der Waals surface area (Å²) in [6, 6.07) is 0. The third-order valence-electron chi connectivity index (χ3n) is 2.30. The topological polar surface area (TPSA) is 20.3 Å². The Kier molecular flexibility index (Phi) is 7.24. The number of carbonyl (C=O) groups is 1. The van der Waals surface area contributed by atoms with Gasteiger partial charge in [-0.1, -0.05) is 43.1 Å². The molecule has 0 aliphatic carbocycles. The molecule has 84 valence electrons. The first-order valence-corrected chi connectivity index (χ1v) is 6.39. The normalized spacial score (nSPS) is 13.0. The summed E-state index contributed by atoms with van der Waals surface area (Å²) in [6.07, 6.45) is 2.23. The third kappa shape index (κ3) is 4.45. The van der Waals surface area contributed by atoms with Crippen LogP contribution >= 0.6 is 15.9 Å². The highest BCUT2D eigenvalue weighted by Gasteiger charge is 2.22. The van der Waals surface area contributed by atoms with E-state index in [-0.39, 0.29) is 10.7 Å². The minimum absolute atomic E-state index is 0.0284. The van der Waals surface area contributed by atoms with Gasteiger partial charge in [-0.2, -0.15) is 0 Å². The number of rotatable bonds is 6.